The summed E-state index contributed by atoms with van der Waals surface area (Å²) in [7, 11) is 1.95. The predicted molar refractivity (Wildman–Crippen MR) is 101 cm³/mol. The molecule has 1 aromatic carbocycles. The van der Waals surface area contributed by atoms with E-state index in [-0.39, 0.29) is 5.91 Å². The second kappa shape index (κ2) is 7.08. The van der Waals surface area contributed by atoms with E-state index >= 15 is 0 Å². The summed E-state index contributed by atoms with van der Waals surface area (Å²) in [5.74, 6) is 0.972. The normalized spacial score (nSPS) is 19.5. The van der Waals surface area contributed by atoms with Crippen molar-refractivity contribution in [1.29, 1.82) is 0 Å². The fraction of sp³-hybridized carbons (Fsp3) is 0.429. The SMILES string of the molecule is C=CC(=O)N(Cc1c(C2CC2)cnn1C)c1ccc(C2CCOC2)cc1. The minimum Gasteiger partial charge on any atom is -0.381 e. The molecule has 4 rings (SSSR count). The van der Waals surface area contributed by atoms with E-state index in [1.807, 2.05) is 30.1 Å². The molecule has 5 heteroatoms. The number of carbonyl (C=O) groups is 1. The van der Waals surface area contributed by atoms with Gasteiger partial charge in [-0.3, -0.25) is 9.48 Å². The molecular formula is C21H25N3O2. The first-order chi connectivity index (χ1) is 12.7. The highest BCUT2D eigenvalue weighted by Crippen LogP contribution is 2.42. The van der Waals surface area contributed by atoms with Crippen LogP contribution in [0, 0.1) is 0 Å². The van der Waals surface area contributed by atoms with Crippen LogP contribution in [0.25, 0.3) is 0 Å². The number of hydrogen-bond donors (Lipinski definition) is 0. The lowest BCUT2D eigenvalue weighted by molar-refractivity contribution is -0.114. The van der Waals surface area contributed by atoms with Crippen LogP contribution in [-0.2, 0) is 23.1 Å². The fourth-order valence-corrected chi connectivity index (χ4v) is 3.69. The summed E-state index contributed by atoms with van der Waals surface area (Å²) in [5, 5.41) is 4.42. The van der Waals surface area contributed by atoms with E-state index in [1.54, 1.807) is 4.90 Å². The third kappa shape index (κ3) is 3.31. The van der Waals surface area contributed by atoms with Crippen molar-refractivity contribution >= 4 is 11.6 Å². The quantitative estimate of drug-likeness (QED) is 0.748. The molecule has 2 aliphatic rings. The van der Waals surface area contributed by atoms with E-state index < -0.39 is 0 Å². The maximum absolute atomic E-state index is 12.5. The minimum absolute atomic E-state index is 0.0927. The molecule has 0 N–H and O–H groups in total. The van der Waals surface area contributed by atoms with Crippen LogP contribution in [0.3, 0.4) is 0 Å². The fourth-order valence-electron chi connectivity index (χ4n) is 3.69. The Labute approximate surface area is 154 Å². The first kappa shape index (κ1) is 17.0. The van der Waals surface area contributed by atoms with Crippen molar-refractivity contribution < 1.29 is 9.53 Å². The monoisotopic (exact) mass is 351 g/mol. The Morgan fingerprint density at radius 3 is 2.69 bits per heavy atom. The number of hydrogen-bond acceptors (Lipinski definition) is 3. The summed E-state index contributed by atoms with van der Waals surface area (Å²) in [6.45, 7) is 5.81. The van der Waals surface area contributed by atoms with Gasteiger partial charge in [0.05, 0.1) is 25.0 Å². The molecule has 0 bridgehead atoms. The molecule has 2 aromatic rings. The van der Waals surface area contributed by atoms with Gasteiger partial charge in [0.2, 0.25) is 0 Å². The van der Waals surface area contributed by atoms with Gasteiger partial charge >= 0.3 is 0 Å². The molecule has 1 aliphatic carbocycles. The molecule has 1 aliphatic heterocycles. The molecule has 2 heterocycles. The molecule has 0 spiro atoms. The van der Waals surface area contributed by atoms with Crippen molar-refractivity contribution in [2.45, 2.75) is 37.6 Å². The van der Waals surface area contributed by atoms with E-state index in [0.717, 1.165) is 31.0 Å². The van der Waals surface area contributed by atoms with Gasteiger partial charge in [-0.25, -0.2) is 0 Å². The Hall–Kier alpha value is -2.40. The number of carbonyl (C=O) groups excluding carboxylic acids is 1. The summed E-state index contributed by atoms with van der Waals surface area (Å²) in [6.07, 6.45) is 6.82. The van der Waals surface area contributed by atoms with Gasteiger partial charge in [-0.15, -0.1) is 0 Å². The Morgan fingerprint density at radius 1 is 1.31 bits per heavy atom. The van der Waals surface area contributed by atoms with Crippen LogP contribution >= 0.6 is 0 Å². The second-order valence-corrected chi connectivity index (χ2v) is 7.23. The van der Waals surface area contributed by atoms with Crippen LogP contribution < -0.4 is 4.90 Å². The average Bonchev–Trinajstić information content (AvgIpc) is 3.23. The van der Waals surface area contributed by atoms with Crippen molar-refractivity contribution in [3.05, 3.63) is 59.9 Å². The molecule has 2 fully saturated rings. The Morgan fingerprint density at radius 2 is 2.08 bits per heavy atom. The highest BCUT2D eigenvalue weighted by Gasteiger charge is 2.29. The van der Waals surface area contributed by atoms with Crippen LogP contribution in [0.1, 0.15) is 47.9 Å². The molecule has 1 amide bonds. The number of nitrogens with zero attached hydrogens (tertiary/aromatic N) is 3. The van der Waals surface area contributed by atoms with Gasteiger partial charge in [-0.1, -0.05) is 18.7 Å². The summed E-state index contributed by atoms with van der Waals surface area (Å²) >= 11 is 0. The number of rotatable bonds is 6. The number of ether oxygens (including phenoxy) is 1. The van der Waals surface area contributed by atoms with Crippen LogP contribution in [-0.4, -0.2) is 28.9 Å². The second-order valence-electron chi connectivity index (χ2n) is 7.23. The molecule has 1 saturated heterocycles. The predicted octanol–water partition coefficient (Wildman–Crippen LogP) is 3.52. The van der Waals surface area contributed by atoms with Crippen LogP contribution in [0.15, 0.2) is 43.1 Å². The maximum Gasteiger partial charge on any atom is 0.250 e. The van der Waals surface area contributed by atoms with Gasteiger partial charge in [-0.05, 0) is 54.5 Å². The largest absolute Gasteiger partial charge is 0.381 e. The van der Waals surface area contributed by atoms with Crippen molar-refractivity contribution in [3.8, 4) is 0 Å². The summed E-state index contributed by atoms with van der Waals surface area (Å²) in [5.41, 5.74) is 4.54. The zero-order valence-electron chi connectivity index (χ0n) is 15.2. The van der Waals surface area contributed by atoms with Crippen molar-refractivity contribution in [2.75, 3.05) is 18.1 Å². The average molecular weight is 351 g/mol. The molecular weight excluding hydrogens is 326 g/mol. The Kier molecular flexibility index (Phi) is 4.64. The van der Waals surface area contributed by atoms with Crippen molar-refractivity contribution in [3.63, 3.8) is 0 Å². The number of amides is 1. The topological polar surface area (TPSA) is 47.4 Å². The highest BCUT2D eigenvalue weighted by molar-refractivity contribution is 6.00. The highest BCUT2D eigenvalue weighted by atomic mass is 16.5. The molecule has 136 valence electrons. The van der Waals surface area contributed by atoms with E-state index in [2.05, 4.69) is 23.8 Å². The van der Waals surface area contributed by atoms with E-state index in [4.69, 9.17) is 4.74 Å². The van der Waals surface area contributed by atoms with Gasteiger partial charge in [0, 0.05) is 25.3 Å². The molecule has 5 nitrogen and oxygen atoms in total. The Balaban J connectivity index is 1.60. The molecule has 0 radical (unpaired) electrons. The van der Waals surface area contributed by atoms with Gasteiger partial charge in [0.15, 0.2) is 0 Å². The first-order valence-electron chi connectivity index (χ1n) is 9.29. The lowest BCUT2D eigenvalue weighted by Crippen LogP contribution is -2.30. The zero-order valence-corrected chi connectivity index (χ0v) is 15.2. The molecule has 1 saturated carbocycles. The molecule has 26 heavy (non-hydrogen) atoms. The van der Waals surface area contributed by atoms with E-state index in [9.17, 15) is 4.79 Å². The minimum atomic E-state index is -0.0927. The number of anilines is 1. The number of benzene rings is 1. The van der Waals surface area contributed by atoms with Crippen LogP contribution in [0.5, 0.6) is 0 Å². The molecule has 1 atom stereocenters. The standard InChI is InChI=1S/C21H25N3O2/c1-3-21(25)24(13-20-19(16-4-5-16)12-22-23(20)2)18-8-6-15(7-9-18)17-10-11-26-14-17/h3,6-9,12,16-17H,1,4-5,10-11,13-14H2,2H3. The lowest BCUT2D eigenvalue weighted by atomic mass is 9.98. The summed E-state index contributed by atoms with van der Waals surface area (Å²) in [6, 6.07) is 8.29. The summed E-state index contributed by atoms with van der Waals surface area (Å²) < 4.78 is 7.37. The Bertz CT molecular complexity index is 799. The lowest BCUT2D eigenvalue weighted by Gasteiger charge is -2.23. The third-order valence-electron chi connectivity index (χ3n) is 5.47. The first-order valence-corrected chi connectivity index (χ1v) is 9.29. The van der Waals surface area contributed by atoms with Crippen LogP contribution in [0.2, 0.25) is 0 Å². The van der Waals surface area contributed by atoms with Gasteiger partial charge in [0.25, 0.3) is 5.91 Å². The van der Waals surface area contributed by atoms with Gasteiger partial charge in [-0.2, -0.15) is 5.10 Å². The van der Waals surface area contributed by atoms with Crippen LogP contribution in [0.4, 0.5) is 5.69 Å². The smallest absolute Gasteiger partial charge is 0.250 e. The van der Waals surface area contributed by atoms with Gasteiger partial charge < -0.3 is 9.64 Å². The number of aryl methyl sites for hydroxylation is 1. The van der Waals surface area contributed by atoms with Crippen molar-refractivity contribution in [1.82, 2.24) is 9.78 Å². The van der Waals surface area contributed by atoms with Gasteiger partial charge in [0.1, 0.15) is 0 Å². The number of aromatic nitrogens is 2. The van der Waals surface area contributed by atoms with E-state index in [0.29, 0.717) is 18.4 Å². The maximum atomic E-state index is 12.5. The zero-order chi connectivity index (χ0) is 18.1. The van der Waals surface area contributed by atoms with Crippen molar-refractivity contribution in [2.24, 2.45) is 7.05 Å². The molecule has 1 aromatic heterocycles. The van der Waals surface area contributed by atoms with E-state index in [1.165, 1.54) is 30.0 Å². The molecule has 1 unspecified atom stereocenters. The third-order valence-corrected chi connectivity index (χ3v) is 5.47. The summed E-state index contributed by atoms with van der Waals surface area (Å²) in [4.78, 5) is 14.3.